The fraction of sp³-hybridized carbons (Fsp3) is 0.533. The van der Waals surface area contributed by atoms with Gasteiger partial charge in [-0.3, -0.25) is 0 Å². The van der Waals surface area contributed by atoms with Crippen molar-refractivity contribution >= 4 is 33.3 Å². The van der Waals surface area contributed by atoms with E-state index in [-0.39, 0.29) is 5.92 Å². The fourth-order valence-electron chi connectivity index (χ4n) is 3.07. The van der Waals surface area contributed by atoms with Crippen LogP contribution in [0.1, 0.15) is 37.7 Å². The second-order valence-corrected chi connectivity index (χ2v) is 6.56. The summed E-state index contributed by atoms with van der Waals surface area (Å²) in [5.41, 5.74) is 2.01. The first kappa shape index (κ1) is 14.3. The van der Waals surface area contributed by atoms with Crippen molar-refractivity contribution in [2.75, 3.05) is 5.32 Å². The molecule has 1 atom stereocenters. The first-order chi connectivity index (χ1) is 10.2. The van der Waals surface area contributed by atoms with Gasteiger partial charge in [0.05, 0.1) is 10.2 Å². The number of aryl methyl sites for hydroxylation is 1. The molecule has 0 amide bonds. The van der Waals surface area contributed by atoms with Gasteiger partial charge in [-0.15, -0.1) is 11.3 Å². The quantitative estimate of drug-likeness (QED) is 0.905. The summed E-state index contributed by atoms with van der Waals surface area (Å²) in [5.74, 6) is 0.0420. The molecule has 0 aliphatic heterocycles. The average molecular weight is 305 g/mol. The SMILES string of the molecule is Cc1csc2c(NC(C(=O)O)C3CCCCC3)ncnc12. The largest absolute Gasteiger partial charge is 0.480 e. The van der Waals surface area contributed by atoms with Crippen LogP contribution in [-0.4, -0.2) is 27.1 Å². The third-order valence-electron chi connectivity index (χ3n) is 4.21. The number of anilines is 1. The van der Waals surface area contributed by atoms with Crippen LogP contribution in [-0.2, 0) is 4.79 Å². The van der Waals surface area contributed by atoms with Crippen molar-refractivity contribution in [2.45, 2.75) is 45.1 Å². The van der Waals surface area contributed by atoms with E-state index in [2.05, 4.69) is 15.3 Å². The van der Waals surface area contributed by atoms with Gasteiger partial charge in [0.2, 0.25) is 0 Å². The van der Waals surface area contributed by atoms with Crippen molar-refractivity contribution in [2.24, 2.45) is 5.92 Å². The maximum atomic E-state index is 11.6. The molecule has 2 aromatic rings. The Balaban J connectivity index is 1.89. The number of aromatic nitrogens is 2. The first-order valence-electron chi connectivity index (χ1n) is 7.35. The molecule has 1 saturated carbocycles. The van der Waals surface area contributed by atoms with Gasteiger partial charge >= 0.3 is 5.97 Å². The number of carbonyl (C=O) groups is 1. The summed E-state index contributed by atoms with van der Waals surface area (Å²) < 4.78 is 0.942. The van der Waals surface area contributed by atoms with Crippen molar-refractivity contribution in [3.63, 3.8) is 0 Å². The molecule has 1 fully saturated rings. The number of aliphatic carboxylic acids is 1. The van der Waals surface area contributed by atoms with E-state index in [9.17, 15) is 9.90 Å². The van der Waals surface area contributed by atoms with Crippen molar-refractivity contribution in [3.8, 4) is 0 Å². The summed E-state index contributed by atoms with van der Waals surface area (Å²) >= 11 is 1.56. The van der Waals surface area contributed by atoms with Crippen LogP contribution in [0.3, 0.4) is 0 Å². The highest BCUT2D eigenvalue weighted by Gasteiger charge is 2.30. The van der Waals surface area contributed by atoms with E-state index in [1.807, 2.05) is 12.3 Å². The number of thiophene rings is 1. The Morgan fingerprint density at radius 1 is 1.38 bits per heavy atom. The molecule has 1 aliphatic carbocycles. The van der Waals surface area contributed by atoms with Gasteiger partial charge in [-0.1, -0.05) is 19.3 Å². The number of hydrogen-bond donors (Lipinski definition) is 2. The van der Waals surface area contributed by atoms with Crippen LogP contribution in [0.4, 0.5) is 5.82 Å². The normalized spacial score (nSPS) is 17.8. The molecule has 21 heavy (non-hydrogen) atoms. The number of hydrogen-bond acceptors (Lipinski definition) is 5. The Hall–Kier alpha value is -1.69. The Kier molecular flexibility index (Phi) is 4.05. The maximum Gasteiger partial charge on any atom is 0.326 e. The van der Waals surface area contributed by atoms with E-state index in [0.29, 0.717) is 5.82 Å². The third-order valence-corrected chi connectivity index (χ3v) is 5.30. The summed E-state index contributed by atoms with van der Waals surface area (Å²) in [6, 6.07) is -0.564. The Bertz CT molecular complexity index is 649. The zero-order valence-corrected chi connectivity index (χ0v) is 12.8. The molecular formula is C15H19N3O2S. The molecule has 0 radical (unpaired) electrons. The average Bonchev–Trinajstić information content (AvgIpc) is 2.88. The molecule has 0 bridgehead atoms. The molecule has 5 nitrogen and oxygen atoms in total. The minimum absolute atomic E-state index is 0.183. The predicted octanol–water partition coefficient (Wildman–Crippen LogP) is 3.45. The van der Waals surface area contributed by atoms with Gasteiger partial charge in [-0.25, -0.2) is 14.8 Å². The van der Waals surface area contributed by atoms with Crippen molar-refractivity contribution in [1.82, 2.24) is 9.97 Å². The smallest absolute Gasteiger partial charge is 0.326 e. The van der Waals surface area contributed by atoms with Crippen LogP contribution in [0.5, 0.6) is 0 Å². The molecule has 2 heterocycles. The topological polar surface area (TPSA) is 75.1 Å². The number of nitrogens with one attached hydrogen (secondary N) is 1. The van der Waals surface area contributed by atoms with E-state index < -0.39 is 12.0 Å². The van der Waals surface area contributed by atoms with Gasteiger partial charge in [0, 0.05) is 0 Å². The molecule has 2 aromatic heterocycles. The van der Waals surface area contributed by atoms with E-state index in [1.165, 1.54) is 12.7 Å². The summed E-state index contributed by atoms with van der Waals surface area (Å²) in [6.45, 7) is 2.01. The van der Waals surface area contributed by atoms with Crippen LogP contribution in [0, 0.1) is 12.8 Å². The molecule has 0 saturated heterocycles. The Labute approximate surface area is 127 Å². The molecule has 0 spiro atoms. The fourth-order valence-corrected chi connectivity index (χ4v) is 4.02. The number of rotatable bonds is 4. The predicted molar refractivity (Wildman–Crippen MR) is 83.8 cm³/mol. The van der Waals surface area contributed by atoms with E-state index in [1.54, 1.807) is 11.3 Å². The zero-order chi connectivity index (χ0) is 14.8. The maximum absolute atomic E-state index is 11.6. The molecule has 1 aliphatic rings. The second-order valence-electron chi connectivity index (χ2n) is 5.68. The molecule has 6 heteroatoms. The van der Waals surface area contributed by atoms with Crippen LogP contribution in [0.2, 0.25) is 0 Å². The van der Waals surface area contributed by atoms with Gasteiger partial charge in [0.15, 0.2) is 0 Å². The second kappa shape index (κ2) is 5.97. The summed E-state index contributed by atoms with van der Waals surface area (Å²) in [5, 5.41) is 14.8. The number of fused-ring (bicyclic) bond motifs is 1. The van der Waals surface area contributed by atoms with Crippen LogP contribution >= 0.6 is 11.3 Å². The summed E-state index contributed by atoms with van der Waals surface area (Å²) in [7, 11) is 0. The van der Waals surface area contributed by atoms with Crippen LogP contribution < -0.4 is 5.32 Å². The van der Waals surface area contributed by atoms with E-state index >= 15 is 0 Å². The van der Waals surface area contributed by atoms with Crippen molar-refractivity contribution in [1.29, 1.82) is 0 Å². The van der Waals surface area contributed by atoms with Gasteiger partial charge in [0.1, 0.15) is 18.2 Å². The van der Waals surface area contributed by atoms with Gasteiger partial charge < -0.3 is 10.4 Å². The standard InChI is InChI=1S/C15H19N3O2S/c1-9-7-21-13-11(9)16-8-17-14(13)18-12(15(19)20)10-5-3-2-4-6-10/h7-8,10,12H,2-6H2,1H3,(H,19,20)(H,16,17,18). The molecule has 3 rings (SSSR count). The minimum Gasteiger partial charge on any atom is -0.480 e. The lowest BCUT2D eigenvalue weighted by Crippen LogP contribution is -2.38. The van der Waals surface area contributed by atoms with Crippen molar-refractivity contribution < 1.29 is 9.90 Å². The molecular weight excluding hydrogens is 286 g/mol. The lowest BCUT2D eigenvalue weighted by Gasteiger charge is -2.28. The molecule has 0 aromatic carbocycles. The monoisotopic (exact) mass is 305 g/mol. The Morgan fingerprint density at radius 2 is 2.14 bits per heavy atom. The number of nitrogens with zero attached hydrogens (tertiary/aromatic N) is 2. The summed E-state index contributed by atoms with van der Waals surface area (Å²) in [6.07, 6.45) is 6.90. The van der Waals surface area contributed by atoms with Crippen LogP contribution in [0.25, 0.3) is 10.2 Å². The van der Waals surface area contributed by atoms with E-state index in [0.717, 1.165) is 41.5 Å². The summed E-state index contributed by atoms with van der Waals surface area (Å²) in [4.78, 5) is 20.2. The third kappa shape index (κ3) is 2.85. The van der Waals surface area contributed by atoms with Gasteiger partial charge in [-0.05, 0) is 36.6 Å². The molecule has 1 unspecified atom stereocenters. The zero-order valence-electron chi connectivity index (χ0n) is 12.0. The van der Waals surface area contributed by atoms with Crippen LogP contribution in [0.15, 0.2) is 11.7 Å². The van der Waals surface area contributed by atoms with Gasteiger partial charge in [-0.2, -0.15) is 0 Å². The molecule has 112 valence electrons. The van der Waals surface area contributed by atoms with E-state index in [4.69, 9.17) is 0 Å². The highest BCUT2D eigenvalue weighted by Crippen LogP contribution is 2.32. The first-order valence-corrected chi connectivity index (χ1v) is 8.23. The highest BCUT2D eigenvalue weighted by molar-refractivity contribution is 7.18. The number of carboxylic acid groups (broad SMARTS) is 1. The van der Waals surface area contributed by atoms with Crippen molar-refractivity contribution in [3.05, 3.63) is 17.3 Å². The minimum atomic E-state index is -0.790. The lowest BCUT2D eigenvalue weighted by molar-refractivity contribution is -0.139. The van der Waals surface area contributed by atoms with Gasteiger partial charge in [0.25, 0.3) is 0 Å². The Morgan fingerprint density at radius 3 is 2.86 bits per heavy atom. The lowest BCUT2D eigenvalue weighted by atomic mass is 9.84. The number of carboxylic acids is 1. The molecule has 2 N–H and O–H groups in total. The highest BCUT2D eigenvalue weighted by atomic mass is 32.1.